The Bertz CT molecular complexity index is 975. The molecule has 0 radical (unpaired) electrons. The van der Waals surface area contributed by atoms with Crippen molar-refractivity contribution in [1.82, 2.24) is 14.3 Å². The molecule has 9 heteroatoms. The zero-order valence-corrected chi connectivity index (χ0v) is 16.5. The van der Waals surface area contributed by atoms with E-state index in [1.807, 2.05) is 20.8 Å². The molecule has 27 heavy (non-hydrogen) atoms. The van der Waals surface area contributed by atoms with Gasteiger partial charge in [-0.3, -0.25) is 14.3 Å². The first-order valence-corrected chi connectivity index (χ1v) is 10.1. The average Bonchev–Trinajstić information content (AvgIpc) is 2.55. The first kappa shape index (κ1) is 21.1. The molecule has 0 aliphatic heterocycles. The van der Waals surface area contributed by atoms with Gasteiger partial charge in [0.25, 0.3) is 5.56 Å². The molecule has 0 atom stereocenters. The molecule has 1 aromatic carbocycles. The zero-order chi connectivity index (χ0) is 20.1. The molecule has 0 spiro atoms. The Hall–Kier alpha value is -2.23. The molecule has 0 bridgehead atoms. The second-order valence-corrected chi connectivity index (χ2v) is 8.71. The zero-order valence-electron chi connectivity index (χ0n) is 15.7. The molecule has 2 N–H and O–H groups in total. The first-order chi connectivity index (χ1) is 12.6. The van der Waals surface area contributed by atoms with Gasteiger partial charge in [-0.25, -0.2) is 17.9 Å². The Morgan fingerprint density at radius 2 is 1.81 bits per heavy atom. The number of hydrogen-bond acceptors (Lipinski definition) is 5. The van der Waals surface area contributed by atoms with Crippen LogP contribution in [0.4, 0.5) is 0 Å². The third-order valence-electron chi connectivity index (χ3n) is 3.96. The Labute approximate surface area is 158 Å². The number of nitrogens with one attached hydrogen (secondary N) is 2. The fourth-order valence-electron chi connectivity index (χ4n) is 2.52. The second kappa shape index (κ2) is 8.64. The fraction of sp³-hybridized carbons (Fsp3) is 0.444. The minimum atomic E-state index is -3.60. The maximum atomic E-state index is 12.5. The van der Waals surface area contributed by atoms with E-state index >= 15 is 0 Å². The number of benzene rings is 1. The predicted octanol–water partition coefficient (Wildman–Crippen LogP) is 1.36. The van der Waals surface area contributed by atoms with Gasteiger partial charge in [-0.1, -0.05) is 17.7 Å². The summed E-state index contributed by atoms with van der Waals surface area (Å²) in [6.45, 7) is 5.89. The van der Waals surface area contributed by atoms with E-state index in [4.69, 9.17) is 4.74 Å². The molecule has 1 heterocycles. The van der Waals surface area contributed by atoms with E-state index in [1.165, 1.54) is 16.8 Å². The highest BCUT2D eigenvalue weighted by Crippen LogP contribution is 2.17. The van der Waals surface area contributed by atoms with Gasteiger partial charge in [0.2, 0.25) is 10.0 Å². The second-order valence-electron chi connectivity index (χ2n) is 7.02. The van der Waals surface area contributed by atoms with Crippen molar-refractivity contribution >= 4 is 10.0 Å². The molecule has 0 amide bonds. The molecule has 2 rings (SSSR count). The molecule has 1 aromatic heterocycles. The largest absolute Gasteiger partial charge is 0.361 e. The van der Waals surface area contributed by atoms with Crippen molar-refractivity contribution in [3.05, 3.63) is 62.9 Å². The normalized spacial score (nSPS) is 12.3. The number of aryl methyl sites for hydroxylation is 1. The summed E-state index contributed by atoms with van der Waals surface area (Å²) in [6.07, 6.45) is 2.51. The standard InChI is InChI=1S/C18H25N3O5S/c1-14-5-7-15(8-6-14)27(24,25)20-18(2,3)10-4-12-26-13-21-11-9-16(22)19-17(21)23/h5-9,11,20H,4,10,12-13H2,1-3H3,(H,19,22,23). The molecule has 8 nitrogen and oxygen atoms in total. The van der Waals surface area contributed by atoms with Gasteiger partial charge >= 0.3 is 5.69 Å². The molecular formula is C18H25N3O5S. The van der Waals surface area contributed by atoms with E-state index in [0.717, 1.165) is 5.56 Å². The molecular weight excluding hydrogens is 370 g/mol. The van der Waals surface area contributed by atoms with Crippen LogP contribution in [0.1, 0.15) is 32.3 Å². The summed E-state index contributed by atoms with van der Waals surface area (Å²) in [5.41, 5.74) is -0.651. The third kappa shape index (κ3) is 6.46. The van der Waals surface area contributed by atoms with E-state index in [2.05, 4.69) is 9.71 Å². The SMILES string of the molecule is Cc1ccc(S(=O)(=O)NC(C)(C)CCCOCn2ccc(=O)[nH]c2=O)cc1. The molecule has 0 saturated carbocycles. The summed E-state index contributed by atoms with van der Waals surface area (Å²) in [6, 6.07) is 7.92. The minimum Gasteiger partial charge on any atom is -0.361 e. The van der Waals surface area contributed by atoms with Crippen LogP contribution in [0, 0.1) is 6.92 Å². The number of ether oxygens (including phenoxy) is 1. The Balaban J connectivity index is 1.82. The number of aromatic nitrogens is 2. The number of aromatic amines is 1. The molecule has 0 fully saturated rings. The van der Waals surface area contributed by atoms with Crippen molar-refractivity contribution in [2.75, 3.05) is 6.61 Å². The maximum absolute atomic E-state index is 12.5. The van der Waals surface area contributed by atoms with Gasteiger partial charge in [-0.15, -0.1) is 0 Å². The summed E-state index contributed by atoms with van der Waals surface area (Å²) in [5, 5.41) is 0. The van der Waals surface area contributed by atoms with Crippen LogP contribution in [0.5, 0.6) is 0 Å². The highest BCUT2D eigenvalue weighted by molar-refractivity contribution is 7.89. The number of H-pyrrole nitrogens is 1. The number of nitrogens with zero attached hydrogens (tertiary/aromatic N) is 1. The van der Waals surface area contributed by atoms with E-state index in [-0.39, 0.29) is 11.6 Å². The Morgan fingerprint density at radius 3 is 2.44 bits per heavy atom. The lowest BCUT2D eigenvalue weighted by Crippen LogP contribution is -2.43. The predicted molar refractivity (Wildman–Crippen MR) is 102 cm³/mol. The van der Waals surface area contributed by atoms with E-state index in [9.17, 15) is 18.0 Å². The highest BCUT2D eigenvalue weighted by atomic mass is 32.2. The Kier molecular flexibility index (Phi) is 6.74. The Morgan fingerprint density at radius 1 is 1.15 bits per heavy atom. The molecule has 0 aliphatic rings. The van der Waals surface area contributed by atoms with Crippen LogP contribution in [0.25, 0.3) is 0 Å². The lowest BCUT2D eigenvalue weighted by molar-refractivity contribution is 0.0680. The van der Waals surface area contributed by atoms with Crippen LogP contribution >= 0.6 is 0 Å². The smallest absolute Gasteiger partial charge is 0.330 e. The lowest BCUT2D eigenvalue weighted by atomic mass is 10.0. The lowest BCUT2D eigenvalue weighted by Gasteiger charge is -2.26. The van der Waals surface area contributed by atoms with Crippen molar-refractivity contribution in [3.63, 3.8) is 0 Å². The van der Waals surface area contributed by atoms with Crippen LogP contribution in [-0.2, 0) is 21.5 Å². The van der Waals surface area contributed by atoms with Crippen molar-refractivity contribution in [2.45, 2.75) is 50.8 Å². The van der Waals surface area contributed by atoms with Crippen molar-refractivity contribution in [3.8, 4) is 0 Å². The highest BCUT2D eigenvalue weighted by Gasteiger charge is 2.25. The van der Waals surface area contributed by atoms with Crippen molar-refractivity contribution < 1.29 is 13.2 Å². The van der Waals surface area contributed by atoms with Crippen LogP contribution < -0.4 is 16.0 Å². The third-order valence-corrected chi connectivity index (χ3v) is 5.67. The van der Waals surface area contributed by atoms with Crippen molar-refractivity contribution in [2.24, 2.45) is 0 Å². The molecule has 0 saturated heterocycles. The van der Waals surface area contributed by atoms with Crippen LogP contribution in [0.2, 0.25) is 0 Å². The van der Waals surface area contributed by atoms with Gasteiger partial charge in [0, 0.05) is 24.4 Å². The molecule has 2 aromatic rings. The van der Waals surface area contributed by atoms with Gasteiger partial charge in [0.1, 0.15) is 6.73 Å². The molecule has 148 valence electrons. The minimum absolute atomic E-state index is 0.0190. The summed E-state index contributed by atoms with van der Waals surface area (Å²) in [4.78, 5) is 24.9. The summed E-state index contributed by atoms with van der Waals surface area (Å²) in [7, 11) is -3.60. The summed E-state index contributed by atoms with van der Waals surface area (Å²) in [5.74, 6) is 0. The van der Waals surface area contributed by atoms with Gasteiger partial charge in [0.15, 0.2) is 0 Å². The van der Waals surface area contributed by atoms with Crippen LogP contribution in [-0.4, -0.2) is 30.1 Å². The quantitative estimate of drug-likeness (QED) is 0.623. The van der Waals surface area contributed by atoms with Crippen molar-refractivity contribution in [1.29, 1.82) is 0 Å². The van der Waals surface area contributed by atoms with Gasteiger partial charge in [-0.2, -0.15) is 0 Å². The summed E-state index contributed by atoms with van der Waals surface area (Å²) >= 11 is 0. The monoisotopic (exact) mass is 395 g/mol. The van der Waals surface area contributed by atoms with Crippen LogP contribution in [0.15, 0.2) is 51.0 Å². The number of sulfonamides is 1. The van der Waals surface area contributed by atoms with Gasteiger partial charge in [0.05, 0.1) is 4.90 Å². The fourth-order valence-corrected chi connectivity index (χ4v) is 3.96. The number of rotatable bonds is 9. The summed E-state index contributed by atoms with van der Waals surface area (Å²) < 4.78 is 34.4. The maximum Gasteiger partial charge on any atom is 0.330 e. The first-order valence-electron chi connectivity index (χ1n) is 8.57. The van der Waals surface area contributed by atoms with E-state index in [0.29, 0.717) is 19.4 Å². The number of hydrogen-bond donors (Lipinski definition) is 2. The topological polar surface area (TPSA) is 110 Å². The van der Waals surface area contributed by atoms with Crippen LogP contribution in [0.3, 0.4) is 0 Å². The van der Waals surface area contributed by atoms with Gasteiger partial charge < -0.3 is 4.74 Å². The molecule has 0 unspecified atom stereocenters. The van der Waals surface area contributed by atoms with E-state index in [1.54, 1.807) is 24.3 Å². The average molecular weight is 395 g/mol. The van der Waals surface area contributed by atoms with Gasteiger partial charge in [-0.05, 0) is 45.7 Å². The van der Waals surface area contributed by atoms with E-state index < -0.39 is 26.8 Å². The molecule has 0 aliphatic carbocycles.